The van der Waals surface area contributed by atoms with Crippen molar-refractivity contribution in [3.8, 4) is 0 Å². The maximum atomic E-state index is 5.76. The summed E-state index contributed by atoms with van der Waals surface area (Å²) in [5.74, 6) is 0. The van der Waals surface area contributed by atoms with Gasteiger partial charge < -0.3 is 10.1 Å². The lowest BCUT2D eigenvalue weighted by molar-refractivity contribution is 0.0881. The fourth-order valence-corrected chi connectivity index (χ4v) is 2.38. The molecule has 1 atom stereocenters. The van der Waals surface area contributed by atoms with E-state index in [1.54, 1.807) is 0 Å². The third-order valence-electron chi connectivity index (χ3n) is 3.95. The number of hydrogen-bond donors (Lipinski definition) is 1. The van der Waals surface area contributed by atoms with Gasteiger partial charge in [0.25, 0.3) is 0 Å². The Morgan fingerprint density at radius 3 is 2.50 bits per heavy atom. The minimum atomic E-state index is 0.125. The van der Waals surface area contributed by atoms with Gasteiger partial charge in [-0.3, -0.25) is 0 Å². The fourth-order valence-electron chi connectivity index (χ4n) is 2.38. The highest BCUT2D eigenvalue weighted by atomic mass is 16.5. The second-order valence-corrected chi connectivity index (χ2v) is 5.29. The monoisotopic (exact) mass is 247 g/mol. The molecule has 1 aliphatic carbocycles. The molecule has 1 saturated carbocycles. The van der Waals surface area contributed by atoms with Crippen molar-refractivity contribution in [3.63, 3.8) is 0 Å². The summed E-state index contributed by atoms with van der Waals surface area (Å²) in [6.07, 6.45) is 3.78. The molecule has 100 valence electrons. The van der Waals surface area contributed by atoms with Gasteiger partial charge in [-0.1, -0.05) is 37.3 Å². The van der Waals surface area contributed by atoms with Crippen molar-refractivity contribution in [2.75, 3.05) is 19.8 Å². The second kappa shape index (κ2) is 6.35. The summed E-state index contributed by atoms with van der Waals surface area (Å²) in [7, 11) is 0. The SMILES string of the molecule is CCOCC(CC)(CNC1CC1)c1ccccc1. The van der Waals surface area contributed by atoms with Crippen molar-refractivity contribution in [3.05, 3.63) is 35.9 Å². The topological polar surface area (TPSA) is 21.3 Å². The van der Waals surface area contributed by atoms with Crippen LogP contribution in [0.3, 0.4) is 0 Å². The molecule has 0 bridgehead atoms. The van der Waals surface area contributed by atoms with Crippen LogP contribution in [0, 0.1) is 0 Å². The molecule has 0 heterocycles. The molecule has 1 aromatic rings. The van der Waals surface area contributed by atoms with E-state index in [-0.39, 0.29) is 5.41 Å². The first-order chi connectivity index (χ1) is 8.80. The Bertz CT molecular complexity index is 347. The normalized spacial score (nSPS) is 18.6. The van der Waals surface area contributed by atoms with Crippen molar-refractivity contribution in [1.82, 2.24) is 5.32 Å². The van der Waals surface area contributed by atoms with E-state index in [1.165, 1.54) is 18.4 Å². The first kappa shape index (κ1) is 13.6. The molecule has 1 aromatic carbocycles. The highest BCUT2D eigenvalue weighted by Gasteiger charge is 2.33. The minimum Gasteiger partial charge on any atom is -0.381 e. The third-order valence-corrected chi connectivity index (χ3v) is 3.95. The summed E-state index contributed by atoms with van der Waals surface area (Å²) < 4.78 is 5.76. The summed E-state index contributed by atoms with van der Waals surface area (Å²) in [5.41, 5.74) is 1.52. The molecule has 1 aliphatic rings. The van der Waals surface area contributed by atoms with Crippen LogP contribution in [0.25, 0.3) is 0 Å². The molecule has 1 unspecified atom stereocenters. The highest BCUT2D eigenvalue weighted by molar-refractivity contribution is 5.26. The lowest BCUT2D eigenvalue weighted by atomic mass is 9.78. The summed E-state index contributed by atoms with van der Waals surface area (Å²) in [6, 6.07) is 11.6. The van der Waals surface area contributed by atoms with E-state index >= 15 is 0 Å². The molecule has 2 heteroatoms. The number of benzene rings is 1. The molecule has 2 rings (SSSR count). The van der Waals surface area contributed by atoms with E-state index in [2.05, 4.69) is 49.5 Å². The summed E-state index contributed by atoms with van der Waals surface area (Å²) in [6.45, 7) is 6.96. The Labute approximate surface area is 111 Å². The lowest BCUT2D eigenvalue weighted by Crippen LogP contribution is -2.42. The van der Waals surface area contributed by atoms with Gasteiger partial charge >= 0.3 is 0 Å². The smallest absolute Gasteiger partial charge is 0.0574 e. The molecule has 0 spiro atoms. The van der Waals surface area contributed by atoms with Crippen LogP contribution < -0.4 is 5.32 Å². The van der Waals surface area contributed by atoms with Crippen molar-refractivity contribution in [2.45, 2.75) is 44.6 Å². The van der Waals surface area contributed by atoms with E-state index in [0.29, 0.717) is 0 Å². The Hall–Kier alpha value is -0.860. The molecule has 2 nitrogen and oxygen atoms in total. The number of nitrogens with one attached hydrogen (secondary N) is 1. The number of rotatable bonds is 8. The quantitative estimate of drug-likeness (QED) is 0.762. The molecular formula is C16H25NO. The van der Waals surface area contributed by atoms with Crippen LogP contribution in [0.2, 0.25) is 0 Å². The molecule has 0 aliphatic heterocycles. The first-order valence-corrected chi connectivity index (χ1v) is 7.17. The molecule has 0 radical (unpaired) electrons. The van der Waals surface area contributed by atoms with Gasteiger partial charge in [0.05, 0.1) is 6.61 Å². The minimum absolute atomic E-state index is 0.125. The van der Waals surface area contributed by atoms with Gasteiger partial charge in [0.15, 0.2) is 0 Å². The molecule has 18 heavy (non-hydrogen) atoms. The van der Waals surface area contributed by atoms with Crippen molar-refractivity contribution < 1.29 is 4.74 Å². The zero-order chi connectivity index (χ0) is 12.8. The molecular weight excluding hydrogens is 222 g/mol. The van der Waals surface area contributed by atoms with Crippen LogP contribution >= 0.6 is 0 Å². The average Bonchev–Trinajstić information content (AvgIpc) is 3.25. The van der Waals surface area contributed by atoms with Gasteiger partial charge in [-0.2, -0.15) is 0 Å². The third kappa shape index (κ3) is 3.33. The predicted octanol–water partition coefficient (Wildman–Crippen LogP) is 3.12. The van der Waals surface area contributed by atoms with Gasteiger partial charge in [0, 0.05) is 24.6 Å². The van der Waals surface area contributed by atoms with Crippen LogP contribution in [-0.2, 0) is 10.2 Å². The van der Waals surface area contributed by atoms with Crippen molar-refractivity contribution in [1.29, 1.82) is 0 Å². The summed E-state index contributed by atoms with van der Waals surface area (Å²) in [4.78, 5) is 0. The highest BCUT2D eigenvalue weighted by Crippen LogP contribution is 2.29. The predicted molar refractivity (Wildman–Crippen MR) is 75.9 cm³/mol. The second-order valence-electron chi connectivity index (χ2n) is 5.29. The maximum absolute atomic E-state index is 5.76. The molecule has 0 amide bonds. The average molecular weight is 247 g/mol. The summed E-state index contributed by atoms with van der Waals surface area (Å²) in [5, 5.41) is 3.68. The molecule has 0 aromatic heterocycles. The van der Waals surface area contributed by atoms with E-state index in [1.807, 2.05) is 0 Å². The van der Waals surface area contributed by atoms with E-state index in [0.717, 1.165) is 32.2 Å². The van der Waals surface area contributed by atoms with E-state index < -0.39 is 0 Å². The summed E-state index contributed by atoms with van der Waals surface area (Å²) >= 11 is 0. The van der Waals surface area contributed by atoms with Crippen LogP contribution in [0.15, 0.2) is 30.3 Å². The van der Waals surface area contributed by atoms with Crippen molar-refractivity contribution >= 4 is 0 Å². The Morgan fingerprint density at radius 2 is 1.94 bits per heavy atom. The van der Waals surface area contributed by atoms with Crippen molar-refractivity contribution in [2.24, 2.45) is 0 Å². The Kier molecular flexibility index (Phi) is 4.79. The van der Waals surface area contributed by atoms with Gasteiger partial charge in [-0.25, -0.2) is 0 Å². The largest absolute Gasteiger partial charge is 0.381 e. The van der Waals surface area contributed by atoms with E-state index in [9.17, 15) is 0 Å². The van der Waals surface area contributed by atoms with E-state index in [4.69, 9.17) is 4.74 Å². The lowest BCUT2D eigenvalue weighted by Gasteiger charge is -2.33. The van der Waals surface area contributed by atoms with Crippen LogP contribution in [0.1, 0.15) is 38.7 Å². The standard InChI is InChI=1S/C16H25NO/c1-3-16(13-18-4-2,12-17-15-10-11-15)14-8-6-5-7-9-14/h5-9,15,17H,3-4,10-13H2,1-2H3. The molecule has 0 saturated heterocycles. The van der Waals surface area contributed by atoms with Gasteiger partial charge in [0.1, 0.15) is 0 Å². The molecule has 1 fully saturated rings. The maximum Gasteiger partial charge on any atom is 0.0574 e. The number of ether oxygens (including phenoxy) is 1. The Morgan fingerprint density at radius 1 is 1.22 bits per heavy atom. The first-order valence-electron chi connectivity index (χ1n) is 7.17. The zero-order valence-electron chi connectivity index (χ0n) is 11.6. The van der Waals surface area contributed by atoms with Crippen LogP contribution in [0.4, 0.5) is 0 Å². The van der Waals surface area contributed by atoms with Crippen LogP contribution in [-0.4, -0.2) is 25.8 Å². The Balaban J connectivity index is 2.12. The molecule has 1 N–H and O–H groups in total. The zero-order valence-corrected chi connectivity index (χ0v) is 11.6. The van der Waals surface area contributed by atoms with Gasteiger partial charge in [-0.15, -0.1) is 0 Å². The van der Waals surface area contributed by atoms with Gasteiger partial charge in [0.2, 0.25) is 0 Å². The van der Waals surface area contributed by atoms with Crippen LogP contribution in [0.5, 0.6) is 0 Å². The van der Waals surface area contributed by atoms with Gasteiger partial charge in [-0.05, 0) is 31.7 Å². The number of hydrogen-bond acceptors (Lipinski definition) is 2. The fraction of sp³-hybridized carbons (Fsp3) is 0.625.